The van der Waals surface area contributed by atoms with E-state index in [9.17, 15) is 0 Å². The normalized spacial score (nSPS) is 13.9. The van der Waals surface area contributed by atoms with Crippen LogP contribution in [0.2, 0.25) is 0 Å². The predicted molar refractivity (Wildman–Crippen MR) is 53.3 cm³/mol. The number of aliphatic hydroxyl groups excluding tert-OH is 1. The third-order valence-corrected chi connectivity index (χ3v) is 1.89. The summed E-state index contributed by atoms with van der Waals surface area (Å²) in [5, 5.41) is 11.9. The first kappa shape index (κ1) is 11.9. The largest absolute Gasteiger partial charge is 0.396 e. The Bertz CT molecular complexity index is 117. The van der Waals surface area contributed by atoms with Gasteiger partial charge >= 0.3 is 0 Å². The molecule has 0 radical (unpaired) electrons. The van der Waals surface area contributed by atoms with Crippen LogP contribution in [0, 0.1) is 5.92 Å². The topological polar surface area (TPSA) is 32.3 Å². The van der Waals surface area contributed by atoms with Gasteiger partial charge in [-0.25, -0.2) is 0 Å². The van der Waals surface area contributed by atoms with Crippen LogP contribution >= 0.6 is 11.6 Å². The van der Waals surface area contributed by atoms with Crippen molar-refractivity contribution in [2.75, 3.05) is 19.7 Å². The third-order valence-electron chi connectivity index (χ3n) is 1.71. The average Bonchev–Trinajstić information content (AvgIpc) is 2.10. The Hall–Kier alpha value is -0.0500. The van der Waals surface area contributed by atoms with E-state index in [0.29, 0.717) is 12.5 Å². The van der Waals surface area contributed by atoms with Crippen molar-refractivity contribution in [3.63, 3.8) is 0 Å². The van der Waals surface area contributed by atoms with Gasteiger partial charge in [-0.3, -0.25) is 0 Å². The molecule has 0 aliphatic carbocycles. The Morgan fingerprint density at radius 3 is 2.92 bits per heavy atom. The molecule has 0 heterocycles. The lowest BCUT2D eigenvalue weighted by molar-refractivity contribution is 0.228. The second kappa shape index (κ2) is 9.04. The Kier molecular flexibility index (Phi) is 9.00. The number of nitrogens with one attached hydrogen (secondary N) is 1. The summed E-state index contributed by atoms with van der Waals surface area (Å²) in [5.41, 5.74) is 1.52. The summed E-state index contributed by atoms with van der Waals surface area (Å²) in [4.78, 5) is 0. The van der Waals surface area contributed by atoms with Crippen LogP contribution in [0.1, 0.15) is 19.8 Å². The Morgan fingerprint density at radius 2 is 2.33 bits per heavy atom. The summed E-state index contributed by atoms with van der Waals surface area (Å²) in [6, 6.07) is 0. The number of halogens is 1. The molecular formula is C9H18ClNO. The highest BCUT2D eigenvalue weighted by atomic mass is 35.5. The molecule has 0 rings (SSSR count). The molecule has 0 aliphatic heterocycles. The molecule has 2 N–H and O–H groups in total. The van der Waals surface area contributed by atoms with Gasteiger partial charge in [0.15, 0.2) is 0 Å². The van der Waals surface area contributed by atoms with E-state index in [2.05, 4.69) is 12.2 Å². The maximum atomic E-state index is 8.73. The van der Waals surface area contributed by atoms with Gasteiger partial charge in [0.1, 0.15) is 0 Å². The molecule has 12 heavy (non-hydrogen) atoms. The summed E-state index contributed by atoms with van der Waals surface area (Å²) < 4.78 is 0. The van der Waals surface area contributed by atoms with E-state index in [0.717, 1.165) is 25.9 Å². The van der Waals surface area contributed by atoms with Crippen LogP contribution in [0.25, 0.3) is 0 Å². The van der Waals surface area contributed by atoms with Crippen molar-refractivity contribution in [3.8, 4) is 0 Å². The number of hydrogen-bond donors (Lipinski definition) is 2. The van der Waals surface area contributed by atoms with Crippen molar-refractivity contribution in [3.05, 3.63) is 11.6 Å². The highest BCUT2D eigenvalue weighted by molar-refractivity contribution is 6.25. The smallest absolute Gasteiger partial charge is 0.0456 e. The monoisotopic (exact) mass is 191 g/mol. The first-order chi connectivity index (χ1) is 5.81. The molecular weight excluding hydrogens is 174 g/mol. The van der Waals surface area contributed by atoms with E-state index < -0.39 is 0 Å². The summed E-state index contributed by atoms with van der Waals surface area (Å²) in [7, 11) is 0. The van der Waals surface area contributed by atoms with Gasteiger partial charge < -0.3 is 10.4 Å². The van der Waals surface area contributed by atoms with E-state index in [4.69, 9.17) is 16.7 Å². The zero-order valence-corrected chi connectivity index (χ0v) is 8.35. The van der Waals surface area contributed by atoms with E-state index in [1.165, 1.54) is 5.54 Å². The summed E-state index contributed by atoms with van der Waals surface area (Å²) >= 11 is 5.33. The Labute approximate surface area is 79.6 Å². The molecule has 0 aromatic rings. The lowest BCUT2D eigenvalue weighted by atomic mass is 10.1. The maximum Gasteiger partial charge on any atom is 0.0456 e. The molecule has 2 nitrogen and oxygen atoms in total. The van der Waals surface area contributed by atoms with Crippen molar-refractivity contribution in [2.45, 2.75) is 19.8 Å². The van der Waals surface area contributed by atoms with Crippen LogP contribution < -0.4 is 5.32 Å². The van der Waals surface area contributed by atoms with Crippen LogP contribution in [0.15, 0.2) is 11.6 Å². The molecule has 0 fully saturated rings. The highest BCUT2D eigenvalue weighted by Crippen LogP contribution is 2.02. The van der Waals surface area contributed by atoms with E-state index in [1.807, 2.05) is 6.08 Å². The molecule has 0 amide bonds. The van der Waals surface area contributed by atoms with Crippen LogP contribution in [-0.2, 0) is 0 Å². The summed E-state index contributed by atoms with van der Waals surface area (Å²) in [6.45, 7) is 4.17. The molecule has 0 aliphatic rings. The second-order valence-corrected chi connectivity index (χ2v) is 3.25. The highest BCUT2D eigenvalue weighted by Gasteiger charge is 1.97. The van der Waals surface area contributed by atoms with Gasteiger partial charge in [-0.1, -0.05) is 24.6 Å². The summed E-state index contributed by atoms with van der Waals surface area (Å²) in [6.07, 6.45) is 4.06. The van der Waals surface area contributed by atoms with Crippen LogP contribution in [0.3, 0.4) is 0 Å². The van der Waals surface area contributed by atoms with Gasteiger partial charge in [0.25, 0.3) is 0 Å². The van der Waals surface area contributed by atoms with Crippen molar-refractivity contribution in [1.29, 1.82) is 0 Å². The molecule has 0 aromatic heterocycles. The van der Waals surface area contributed by atoms with Crippen LogP contribution in [0.5, 0.6) is 0 Å². The maximum absolute atomic E-state index is 8.73. The lowest BCUT2D eigenvalue weighted by Crippen LogP contribution is -2.16. The van der Waals surface area contributed by atoms with Crippen molar-refractivity contribution in [1.82, 2.24) is 5.32 Å². The molecule has 0 spiro atoms. The minimum atomic E-state index is 0.293. The zero-order chi connectivity index (χ0) is 9.23. The summed E-state index contributed by atoms with van der Waals surface area (Å²) in [5.74, 6) is 0.426. The molecule has 1 unspecified atom stereocenters. The molecule has 3 heteroatoms. The van der Waals surface area contributed by atoms with Gasteiger partial charge in [-0.05, 0) is 25.3 Å². The first-order valence-corrected chi connectivity index (χ1v) is 4.81. The number of aliphatic hydroxyl groups is 1. The predicted octanol–water partition coefficient (Wildman–Crippen LogP) is 1.74. The van der Waals surface area contributed by atoms with Crippen molar-refractivity contribution in [2.24, 2.45) is 5.92 Å². The average molecular weight is 192 g/mol. The fourth-order valence-electron chi connectivity index (χ4n) is 0.897. The van der Waals surface area contributed by atoms with Crippen LogP contribution in [-0.4, -0.2) is 24.8 Å². The molecule has 72 valence electrons. The minimum Gasteiger partial charge on any atom is -0.396 e. The quantitative estimate of drug-likeness (QED) is 0.601. The Morgan fingerprint density at radius 1 is 1.58 bits per heavy atom. The zero-order valence-electron chi connectivity index (χ0n) is 7.59. The van der Waals surface area contributed by atoms with Crippen molar-refractivity contribution >= 4 is 11.6 Å². The number of hydrogen-bond acceptors (Lipinski definition) is 2. The second-order valence-electron chi connectivity index (χ2n) is 3.00. The van der Waals surface area contributed by atoms with Gasteiger partial charge in [-0.15, -0.1) is 0 Å². The van der Waals surface area contributed by atoms with Crippen LogP contribution in [0.4, 0.5) is 0 Å². The fraction of sp³-hybridized carbons (Fsp3) is 0.778. The van der Waals surface area contributed by atoms with Gasteiger partial charge in [0.2, 0.25) is 0 Å². The van der Waals surface area contributed by atoms with E-state index in [-0.39, 0.29) is 0 Å². The molecule has 0 saturated heterocycles. The van der Waals surface area contributed by atoms with Gasteiger partial charge in [0.05, 0.1) is 0 Å². The molecule has 1 atom stereocenters. The van der Waals surface area contributed by atoms with Crippen molar-refractivity contribution < 1.29 is 5.11 Å². The molecule has 0 saturated carbocycles. The Balaban J connectivity index is 3.00. The van der Waals surface area contributed by atoms with E-state index >= 15 is 0 Å². The number of rotatable bonds is 7. The van der Waals surface area contributed by atoms with Gasteiger partial charge in [0, 0.05) is 18.7 Å². The standard InChI is InChI=1S/C9H18ClNO/c1-9(8-12)4-2-6-11-7-3-5-10/h3,5,9,11-12H,2,4,6-8H2,1H3/b5-3+. The molecule has 0 bridgehead atoms. The molecule has 0 aromatic carbocycles. The fourth-order valence-corrected chi connectivity index (χ4v) is 0.986. The van der Waals surface area contributed by atoms with E-state index in [1.54, 1.807) is 0 Å². The SMILES string of the molecule is CC(CO)CCCNC/C=C/Cl. The van der Waals surface area contributed by atoms with Gasteiger partial charge in [-0.2, -0.15) is 0 Å². The third kappa shape index (κ3) is 8.05. The first-order valence-electron chi connectivity index (χ1n) is 4.38. The lowest BCUT2D eigenvalue weighted by Gasteiger charge is -2.06. The minimum absolute atomic E-state index is 0.293.